The fourth-order valence-corrected chi connectivity index (χ4v) is 7.95. The van der Waals surface area contributed by atoms with Gasteiger partial charge >= 0.3 is 33.2 Å². The molecule has 0 atom stereocenters. The Morgan fingerprint density at radius 3 is 0.800 bits per heavy atom. The zero-order valence-electron chi connectivity index (χ0n) is 20.9. The first-order chi connectivity index (χ1) is 19.3. The van der Waals surface area contributed by atoms with Crippen molar-refractivity contribution in [1.82, 2.24) is 0 Å². The minimum Gasteiger partial charge on any atom is 0 e. The quantitative estimate of drug-likeness (QED) is 0.148. The molecule has 0 amide bonds. The van der Waals surface area contributed by atoms with E-state index in [2.05, 4.69) is 148 Å². The number of benzene rings is 4. The fourth-order valence-electron chi connectivity index (χ4n) is 3.77. The van der Waals surface area contributed by atoms with E-state index in [1.807, 2.05) is 24.3 Å². The van der Waals surface area contributed by atoms with E-state index < -0.39 is 15.8 Å². The summed E-state index contributed by atoms with van der Waals surface area (Å²) in [6.07, 6.45) is 23.9. The summed E-state index contributed by atoms with van der Waals surface area (Å²) in [7, 11) is 8.30. The van der Waals surface area contributed by atoms with Crippen LogP contribution in [0.25, 0.3) is 0 Å². The Kier molecular flexibility index (Phi) is 16.5. The van der Waals surface area contributed by atoms with Gasteiger partial charge in [-0.15, -0.1) is 0 Å². The fraction of sp³-hybridized carbons (Fsp3) is 0. The van der Waals surface area contributed by atoms with Crippen molar-refractivity contribution in [2.24, 2.45) is 0 Å². The van der Waals surface area contributed by atoms with Gasteiger partial charge in [0.1, 0.15) is 0 Å². The Balaban J connectivity index is 0.000000197. The standard InChI is InChI=1S/2C17H10P.2ClH.Co.Fe/c2*1-3-9-15(10-4-1)18(17-13-7-8-14-17)16-11-5-2-6-12-16;;;;/h2*1-6,9-12H;2*1H;;/q;;;;+2;/p-2. The molecule has 0 heterocycles. The number of hydrogen-bond acceptors (Lipinski definition) is 0. The molecular formula is C34H20Cl2CoFeP2. The van der Waals surface area contributed by atoms with E-state index in [0.717, 1.165) is 11.3 Å². The molecule has 0 bridgehead atoms. The van der Waals surface area contributed by atoms with Crippen molar-refractivity contribution < 1.29 is 30.0 Å². The second-order valence-corrected chi connectivity index (χ2v) is 13.8. The van der Waals surface area contributed by atoms with Crippen LogP contribution < -0.4 is 21.2 Å². The maximum Gasteiger partial charge on any atom is 0 e. The van der Waals surface area contributed by atoms with Crippen LogP contribution in [0.5, 0.6) is 0 Å². The van der Waals surface area contributed by atoms with E-state index in [1.54, 1.807) is 0 Å². The number of rotatable bonds is 6. The average molecular weight is 676 g/mol. The largest absolute Gasteiger partial charge is 0 e. The van der Waals surface area contributed by atoms with Gasteiger partial charge in [0, 0.05) is 79.8 Å². The van der Waals surface area contributed by atoms with Gasteiger partial charge in [-0.1, -0.05) is 121 Å². The predicted molar refractivity (Wildman–Crippen MR) is 162 cm³/mol. The molecular weight excluding hydrogens is 656 g/mol. The second-order valence-electron chi connectivity index (χ2n) is 7.76. The van der Waals surface area contributed by atoms with E-state index in [4.69, 9.17) is 20.3 Å². The Bertz CT molecular complexity index is 1000. The first-order valence-corrected chi connectivity index (χ1v) is 17.3. The zero-order chi connectivity index (χ0) is 27.1. The molecule has 197 valence electrons. The molecule has 18 radical (unpaired) electrons. The van der Waals surface area contributed by atoms with Gasteiger partial charge in [-0.05, 0) is 37.1 Å². The van der Waals surface area contributed by atoms with Crippen molar-refractivity contribution in [3.05, 3.63) is 184 Å². The Morgan fingerprint density at radius 2 is 0.600 bits per heavy atom. The van der Waals surface area contributed by atoms with Crippen LogP contribution in [0.15, 0.2) is 121 Å². The van der Waals surface area contributed by atoms with Crippen LogP contribution in [0.3, 0.4) is 0 Å². The van der Waals surface area contributed by atoms with Crippen LogP contribution in [-0.2, 0) is 30.0 Å². The number of hydrogen-bond donors (Lipinski definition) is 0. The van der Waals surface area contributed by atoms with Gasteiger partial charge in [0.2, 0.25) is 0 Å². The van der Waals surface area contributed by atoms with Crippen LogP contribution in [0.2, 0.25) is 0 Å². The summed E-state index contributed by atoms with van der Waals surface area (Å²) in [6, 6.07) is 42.0. The molecule has 0 saturated heterocycles. The summed E-state index contributed by atoms with van der Waals surface area (Å²) >= 11 is 0.382. The van der Waals surface area contributed by atoms with Gasteiger partial charge in [0.15, 0.2) is 0 Å². The molecule has 0 spiro atoms. The van der Waals surface area contributed by atoms with Crippen LogP contribution in [0, 0.1) is 62.7 Å². The van der Waals surface area contributed by atoms with Crippen molar-refractivity contribution in [2.45, 2.75) is 0 Å². The SMILES string of the molecule is [C]1[C][C][C](P(c2ccccc2)c2ccccc2)[C]1.[C]1[C][C][C](P(c2ccccc2)c2ccccc2)[C]1.[Cl][Co][Cl].[Fe]. The minimum atomic E-state index is -0.583. The van der Waals surface area contributed by atoms with Crippen LogP contribution in [-0.4, -0.2) is 0 Å². The Morgan fingerprint density at radius 1 is 0.400 bits per heavy atom. The van der Waals surface area contributed by atoms with Crippen LogP contribution >= 0.6 is 36.1 Å². The first-order valence-electron chi connectivity index (χ1n) is 11.7. The van der Waals surface area contributed by atoms with Crippen molar-refractivity contribution in [1.29, 1.82) is 0 Å². The Labute approximate surface area is 269 Å². The maximum absolute atomic E-state index is 4.73. The third-order valence-corrected chi connectivity index (χ3v) is 9.95. The van der Waals surface area contributed by atoms with Crippen molar-refractivity contribution in [3.8, 4) is 0 Å². The molecule has 2 aliphatic rings. The second kappa shape index (κ2) is 19.5. The summed E-state index contributed by atoms with van der Waals surface area (Å²) in [4.78, 5) is 0. The van der Waals surface area contributed by atoms with E-state index in [0.29, 0.717) is 12.9 Å². The molecule has 0 aliphatic heterocycles. The third-order valence-electron chi connectivity index (χ3n) is 5.35. The van der Waals surface area contributed by atoms with Gasteiger partial charge in [0.05, 0.1) is 0 Å². The molecule has 6 rings (SSSR count). The maximum atomic E-state index is 4.73. The Hall–Kier alpha value is -0.654. The monoisotopic (exact) mass is 675 g/mol. The molecule has 4 aromatic rings. The van der Waals surface area contributed by atoms with Gasteiger partial charge < -0.3 is 0 Å². The summed E-state index contributed by atoms with van der Waals surface area (Å²) in [6.45, 7) is 0. The predicted octanol–water partition coefficient (Wildman–Crippen LogP) is 7.35. The smallest absolute Gasteiger partial charge is 0 e. The average Bonchev–Trinajstić information content (AvgIpc) is 3.72. The molecule has 0 N–H and O–H groups in total. The van der Waals surface area contributed by atoms with Gasteiger partial charge in [-0.3, -0.25) is 0 Å². The van der Waals surface area contributed by atoms with Crippen molar-refractivity contribution >= 4 is 57.4 Å². The zero-order valence-corrected chi connectivity index (χ0v) is 26.3. The van der Waals surface area contributed by atoms with Gasteiger partial charge in [0.25, 0.3) is 0 Å². The summed E-state index contributed by atoms with van der Waals surface area (Å²) in [5.74, 6) is 0. The minimum absolute atomic E-state index is 0. The molecule has 0 unspecified atom stereocenters. The summed E-state index contributed by atoms with van der Waals surface area (Å²) < 4.78 is 0. The molecule has 0 aromatic heterocycles. The summed E-state index contributed by atoms with van der Waals surface area (Å²) in [5.41, 5.74) is 2.12. The molecule has 2 fully saturated rings. The summed E-state index contributed by atoms with van der Waals surface area (Å²) in [5, 5.41) is 5.22. The van der Waals surface area contributed by atoms with E-state index in [-0.39, 0.29) is 17.1 Å². The first kappa shape index (κ1) is 33.8. The molecule has 40 heavy (non-hydrogen) atoms. The third kappa shape index (κ3) is 10.3. The number of halogens is 2. The molecule has 4 aromatic carbocycles. The molecule has 2 saturated carbocycles. The molecule has 0 nitrogen and oxygen atoms in total. The van der Waals surface area contributed by atoms with Crippen LogP contribution in [0.4, 0.5) is 0 Å². The van der Waals surface area contributed by atoms with Crippen LogP contribution in [0.1, 0.15) is 0 Å². The van der Waals surface area contributed by atoms with Crippen molar-refractivity contribution in [3.63, 3.8) is 0 Å². The van der Waals surface area contributed by atoms with E-state index in [1.165, 1.54) is 21.2 Å². The van der Waals surface area contributed by atoms with E-state index in [9.17, 15) is 0 Å². The van der Waals surface area contributed by atoms with Gasteiger partial charge in [-0.25, -0.2) is 0 Å². The van der Waals surface area contributed by atoms with E-state index >= 15 is 0 Å². The van der Waals surface area contributed by atoms with Crippen molar-refractivity contribution in [2.75, 3.05) is 0 Å². The molecule has 6 heteroatoms. The van der Waals surface area contributed by atoms with Gasteiger partial charge in [-0.2, -0.15) is 0 Å². The molecule has 2 aliphatic carbocycles. The normalized spacial score (nSPS) is 15.2. The topological polar surface area (TPSA) is 0 Å².